The molecule has 2 heterocycles. The van der Waals surface area contributed by atoms with Gasteiger partial charge in [0.25, 0.3) is 0 Å². The number of alkyl carbamates (subject to hydrolysis) is 1. The Labute approximate surface area is 238 Å². The Kier molecular flexibility index (Phi) is 13.7. The van der Waals surface area contributed by atoms with E-state index in [4.69, 9.17) is 9.47 Å². The second kappa shape index (κ2) is 15.7. The van der Waals surface area contributed by atoms with Crippen LogP contribution in [-0.4, -0.2) is 66.7 Å². The van der Waals surface area contributed by atoms with E-state index in [1.807, 2.05) is 0 Å². The van der Waals surface area contributed by atoms with E-state index in [2.05, 4.69) is 36.6 Å². The molecule has 0 aliphatic carbocycles. The Morgan fingerprint density at radius 3 is 2.08 bits per heavy atom. The van der Waals surface area contributed by atoms with Crippen molar-refractivity contribution in [1.29, 1.82) is 0 Å². The Balaban J connectivity index is 1.83. The van der Waals surface area contributed by atoms with Crippen LogP contribution in [0.4, 0.5) is 4.79 Å². The summed E-state index contributed by atoms with van der Waals surface area (Å²) in [4.78, 5) is 37.8. The molecule has 2 aliphatic heterocycles. The van der Waals surface area contributed by atoms with Crippen LogP contribution in [0.5, 0.6) is 0 Å². The van der Waals surface area contributed by atoms with Crippen LogP contribution in [0.2, 0.25) is 11.6 Å². The summed E-state index contributed by atoms with van der Waals surface area (Å²) in [5, 5.41) is 9.36. The first kappa shape index (κ1) is 33.1. The van der Waals surface area contributed by atoms with Gasteiger partial charge in [0.2, 0.25) is 12.8 Å². The van der Waals surface area contributed by atoms with Gasteiger partial charge in [0.05, 0.1) is 13.2 Å². The maximum atomic E-state index is 12.9. The largest absolute Gasteiger partial charge is 0.468 e. The van der Waals surface area contributed by atoms with Gasteiger partial charge in [-0.25, -0.2) is 4.79 Å². The van der Waals surface area contributed by atoms with Crippen LogP contribution in [0.25, 0.3) is 0 Å². The molecule has 2 saturated heterocycles. The van der Waals surface area contributed by atoms with E-state index in [9.17, 15) is 14.4 Å². The fourth-order valence-corrected chi connectivity index (χ4v) is 7.78. The van der Waals surface area contributed by atoms with E-state index < -0.39 is 17.7 Å². The monoisotopic (exact) mass is 571 g/mol. The lowest BCUT2D eigenvalue weighted by molar-refractivity contribution is -0.142. The van der Waals surface area contributed by atoms with Gasteiger partial charge in [-0.05, 0) is 51.7 Å². The van der Waals surface area contributed by atoms with Gasteiger partial charge in [0, 0.05) is 17.0 Å². The molecule has 0 aromatic heterocycles. The average Bonchev–Trinajstić information content (AvgIpc) is 2.79. The van der Waals surface area contributed by atoms with Crippen molar-refractivity contribution < 1.29 is 23.9 Å². The van der Waals surface area contributed by atoms with E-state index in [0.717, 1.165) is 12.8 Å². The lowest BCUT2D eigenvalue weighted by Gasteiger charge is -2.41. The molecule has 2 bridgehead atoms. The number of amides is 2. The van der Waals surface area contributed by atoms with Crippen LogP contribution in [0.15, 0.2) is 0 Å². The summed E-state index contributed by atoms with van der Waals surface area (Å²) in [6.07, 6.45) is 9.20. The van der Waals surface area contributed by atoms with Crippen LogP contribution in [0.1, 0.15) is 99.3 Å². The fraction of sp³-hybridized carbons (Fsp3) is 0.889. The number of rotatable bonds is 13. The van der Waals surface area contributed by atoms with E-state index in [0.29, 0.717) is 37.2 Å². The van der Waals surface area contributed by atoms with Gasteiger partial charge in [0.1, 0.15) is 11.6 Å². The first-order valence-electron chi connectivity index (χ1n) is 14.2. The quantitative estimate of drug-likeness (QED) is 0.114. The third-order valence-corrected chi connectivity index (χ3v) is 10.3. The smallest absolute Gasteiger partial charge is 0.408 e. The number of unbranched alkanes of at least 4 members (excludes halogenated alkanes) is 1. The third-order valence-electron chi connectivity index (χ3n) is 6.96. The summed E-state index contributed by atoms with van der Waals surface area (Å²) >= 11 is 0. The zero-order chi connectivity index (χ0) is 28.3. The number of hydrogen-bond donors (Lipinski definition) is 3. The number of carbonyl (C=O) groups excluding carboxylic acids is 3. The molecule has 218 valence electrons. The highest BCUT2D eigenvalue weighted by molar-refractivity contribution is 8.77. The Morgan fingerprint density at radius 1 is 0.947 bits per heavy atom. The maximum Gasteiger partial charge on any atom is 0.408 e. The average molecular weight is 572 g/mol. The number of nitrogens with one attached hydrogen (secondary N) is 3. The van der Waals surface area contributed by atoms with Crippen molar-refractivity contribution in [3.05, 3.63) is 0 Å². The predicted molar refractivity (Wildman–Crippen MR) is 160 cm³/mol. The predicted octanol–water partition coefficient (Wildman–Crippen LogP) is 5.58. The molecule has 2 fully saturated rings. The lowest BCUT2D eigenvalue weighted by atomic mass is 9.34. The van der Waals surface area contributed by atoms with E-state index >= 15 is 0 Å². The molecule has 8 nitrogen and oxygen atoms in total. The molecule has 0 unspecified atom stereocenters. The van der Waals surface area contributed by atoms with Gasteiger partial charge in [0.15, 0.2) is 0 Å². The lowest BCUT2D eigenvalue weighted by Crippen LogP contribution is -2.53. The van der Waals surface area contributed by atoms with Gasteiger partial charge in [-0.1, -0.05) is 80.9 Å². The molecule has 11 heteroatoms. The summed E-state index contributed by atoms with van der Waals surface area (Å²) in [7, 11) is 4.68. The van der Waals surface area contributed by atoms with Gasteiger partial charge in [-0.15, -0.1) is 0 Å². The van der Waals surface area contributed by atoms with Gasteiger partial charge in [-0.3, -0.25) is 9.59 Å². The Hall–Kier alpha value is -1.07. The van der Waals surface area contributed by atoms with Crippen molar-refractivity contribution >= 4 is 46.4 Å². The van der Waals surface area contributed by atoms with Gasteiger partial charge in [-0.2, -0.15) is 0 Å². The van der Waals surface area contributed by atoms with Crippen molar-refractivity contribution in [2.75, 3.05) is 19.4 Å². The van der Waals surface area contributed by atoms with Gasteiger partial charge < -0.3 is 25.3 Å². The number of carbonyl (C=O) groups is 3. The standard InChI is InChI=1S/C27H50BN3O5S2/c1-26(2,3)36-25(34)30-22(18-37-38-27(4,5)6)23(32)29-17-9-8-16-21(24(33)35-7)31-28-19-12-10-13-20(28)15-11-14-19/h19-22,31H,8-18H2,1-7H3,(H,29,32)(H,30,34)/t19-,20+,21-,22-/m0/s1. The Bertz CT molecular complexity index is 753. The molecule has 2 amide bonds. The van der Waals surface area contributed by atoms with E-state index in [1.54, 1.807) is 42.4 Å². The molecule has 2 aliphatic rings. The molecule has 0 aromatic rings. The number of fused-ring (bicyclic) bond motifs is 2. The highest BCUT2D eigenvalue weighted by Gasteiger charge is 2.41. The molecule has 0 radical (unpaired) electrons. The molecular formula is C27H50BN3O5S2. The molecule has 0 spiro atoms. The zero-order valence-electron chi connectivity index (χ0n) is 24.5. The first-order chi connectivity index (χ1) is 17.8. The molecule has 2 atom stereocenters. The second-order valence-corrected chi connectivity index (χ2v) is 15.8. The number of esters is 1. The maximum absolute atomic E-state index is 12.9. The summed E-state index contributed by atoms with van der Waals surface area (Å²) in [5.74, 6) is 1.34. The minimum atomic E-state index is -0.695. The van der Waals surface area contributed by atoms with E-state index in [1.165, 1.54) is 45.6 Å². The van der Waals surface area contributed by atoms with E-state index in [-0.39, 0.29) is 22.7 Å². The minimum absolute atomic E-state index is 0.0398. The first-order valence-corrected chi connectivity index (χ1v) is 16.5. The Morgan fingerprint density at radius 2 is 1.55 bits per heavy atom. The molecule has 2 rings (SSSR count). The topological polar surface area (TPSA) is 106 Å². The number of hydrogen-bond acceptors (Lipinski definition) is 8. The van der Waals surface area contributed by atoms with Crippen LogP contribution in [0, 0.1) is 0 Å². The third kappa shape index (κ3) is 12.4. The molecule has 0 saturated carbocycles. The fourth-order valence-electron chi connectivity index (χ4n) is 5.31. The summed E-state index contributed by atoms with van der Waals surface area (Å²) in [6.45, 7) is 12.6. The van der Waals surface area contributed by atoms with Gasteiger partial charge >= 0.3 is 12.1 Å². The van der Waals surface area contributed by atoms with Crippen molar-refractivity contribution in [1.82, 2.24) is 15.9 Å². The summed E-state index contributed by atoms with van der Waals surface area (Å²) in [5.41, 5.74) is -0.640. The van der Waals surface area contributed by atoms with Crippen molar-refractivity contribution in [3.8, 4) is 0 Å². The van der Waals surface area contributed by atoms with Crippen molar-refractivity contribution in [3.63, 3.8) is 0 Å². The minimum Gasteiger partial charge on any atom is -0.468 e. The molecule has 3 N–H and O–H groups in total. The van der Waals surface area contributed by atoms with Crippen LogP contribution in [0.3, 0.4) is 0 Å². The molecule has 0 aromatic carbocycles. The zero-order valence-corrected chi connectivity index (χ0v) is 26.2. The van der Waals surface area contributed by atoms with Crippen LogP contribution < -0.4 is 15.9 Å². The highest BCUT2D eigenvalue weighted by Crippen LogP contribution is 2.45. The normalized spacial score (nSPS) is 21.3. The summed E-state index contributed by atoms with van der Waals surface area (Å²) < 4.78 is 10.5. The molecular weight excluding hydrogens is 521 g/mol. The second-order valence-electron chi connectivity index (χ2n) is 12.6. The SMILES string of the molecule is COC(=O)[C@H](CCCCNC(=O)[C@H](CSSC(C)(C)C)NC(=O)OC(C)(C)C)NB1[C@H]2CCC[C@@H]1CCC2. The summed E-state index contributed by atoms with van der Waals surface area (Å²) in [6, 6.07) is -1.01. The van der Waals surface area contributed by atoms with Crippen LogP contribution in [-0.2, 0) is 19.1 Å². The molecule has 38 heavy (non-hydrogen) atoms. The van der Waals surface area contributed by atoms with Crippen LogP contribution >= 0.6 is 21.6 Å². The van der Waals surface area contributed by atoms with Crippen molar-refractivity contribution in [2.24, 2.45) is 0 Å². The van der Waals surface area contributed by atoms with Crippen molar-refractivity contribution in [2.45, 2.75) is 133 Å². The highest BCUT2D eigenvalue weighted by atomic mass is 33.1. The number of ether oxygens (including phenoxy) is 2. The number of methoxy groups -OCH3 is 1.